The van der Waals surface area contributed by atoms with Crippen molar-refractivity contribution in [1.82, 2.24) is 5.32 Å². The Labute approximate surface area is 101 Å². The Kier molecular flexibility index (Phi) is 3.33. The molecular weight excluding hydrogens is 216 g/mol. The number of nitrogens with one attached hydrogen (secondary N) is 1. The molecule has 92 valence electrons. The first-order valence-electron chi connectivity index (χ1n) is 5.87. The molecule has 17 heavy (non-hydrogen) atoms. The molecule has 1 aromatic carbocycles. The zero-order valence-electron chi connectivity index (χ0n) is 10.0. The maximum atomic E-state index is 11.5. The highest BCUT2D eigenvalue weighted by atomic mass is 16.5. The average molecular weight is 234 g/mol. The molecule has 0 aliphatic carbocycles. The average Bonchev–Trinajstić information content (AvgIpc) is 2.78. The minimum absolute atomic E-state index is 0.297. The first kappa shape index (κ1) is 11.9. The van der Waals surface area contributed by atoms with Gasteiger partial charge in [-0.1, -0.05) is 17.7 Å². The van der Waals surface area contributed by atoms with Crippen molar-refractivity contribution < 1.29 is 9.53 Å². The molecule has 1 aliphatic heterocycles. The van der Waals surface area contributed by atoms with Crippen molar-refractivity contribution in [3.8, 4) is 5.75 Å². The molecule has 0 aromatic heterocycles. The molecule has 1 aliphatic rings. The molecule has 4 heteroatoms. The maximum Gasteiger partial charge on any atom is 0.241 e. The molecule has 1 aromatic rings. The van der Waals surface area contributed by atoms with E-state index in [0.717, 1.165) is 25.1 Å². The van der Waals surface area contributed by atoms with Crippen LogP contribution in [0.3, 0.4) is 0 Å². The van der Waals surface area contributed by atoms with Gasteiger partial charge < -0.3 is 15.8 Å². The van der Waals surface area contributed by atoms with Crippen LogP contribution in [0.2, 0.25) is 0 Å². The number of amides is 1. The van der Waals surface area contributed by atoms with Gasteiger partial charge in [0.1, 0.15) is 17.9 Å². The van der Waals surface area contributed by atoms with Crippen molar-refractivity contribution in [3.63, 3.8) is 0 Å². The van der Waals surface area contributed by atoms with Gasteiger partial charge in [-0.15, -0.1) is 0 Å². The largest absolute Gasteiger partial charge is 0.491 e. The van der Waals surface area contributed by atoms with Crippen molar-refractivity contribution in [2.45, 2.75) is 25.3 Å². The van der Waals surface area contributed by atoms with E-state index in [4.69, 9.17) is 10.5 Å². The van der Waals surface area contributed by atoms with Crippen LogP contribution in [-0.2, 0) is 4.79 Å². The molecule has 0 bridgehead atoms. The number of nitrogens with two attached hydrogens (primary N) is 1. The molecule has 1 heterocycles. The van der Waals surface area contributed by atoms with E-state index in [-0.39, 0.29) is 5.91 Å². The van der Waals surface area contributed by atoms with Crippen LogP contribution in [0.15, 0.2) is 24.3 Å². The lowest BCUT2D eigenvalue weighted by Crippen LogP contribution is -2.55. The quantitative estimate of drug-likeness (QED) is 0.816. The summed E-state index contributed by atoms with van der Waals surface area (Å²) in [5, 5.41) is 3.15. The summed E-state index contributed by atoms with van der Waals surface area (Å²) < 4.78 is 5.65. The third-order valence-corrected chi connectivity index (χ3v) is 3.22. The second-order valence-electron chi connectivity index (χ2n) is 4.58. The molecule has 0 radical (unpaired) electrons. The number of ether oxygens (including phenoxy) is 1. The zero-order valence-corrected chi connectivity index (χ0v) is 10.0. The van der Waals surface area contributed by atoms with E-state index in [1.165, 1.54) is 5.56 Å². The Balaban J connectivity index is 2.00. The van der Waals surface area contributed by atoms with Crippen LogP contribution >= 0.6 is 0 Å². The number of carbonyl (C=O) groups excluding carboxylic acids is 1. The summed E-state index contributed by atoms with van der Waals surface area (Å²) in [4.78, 5) is 11.5. The second kappa shape index (κ2) is 4.75. The Hall–Kier alpha value is -1.55. The van der Waals surface area contributed by atoms with E-state index in [1.807, 2.05) is 31.2 Å². The fourth-order valence-corrected chi connectivity index (χ4v) is 2.05. The lowest BCUT2D eigenvalue weighted by Gasteiger charge is -2.25. The minimum Gasteiger partial charge on any atom is -0.491 e. The molecular formula is C13H18N2O2. The van der Waals surface area contributed by atoms with Gasteiger partial charge in [0, 0.05) is 0 Å². The van der Waals surface area contributed by atoms with Gasteiger partial charge in [-0.25, -0.2) is 0 Å². The van der Waals surface area contributed by atoms with Crippen LogP contribution in [0, 0.1) is 6.92 Å². The molecule has 3 N–H and O–H groups in total. The Morgan fingerprint density at radius 2 is 2.18 bits per heavy atom. The van der Waals surface area contributed by atoms with Gasteiger partial charge in [0.2, 0.25) is 5.91 Å². The van der Waals surface area contributed by atoms with Crippen molar-refractivity contribution in [2.75, 3.05) is 13.2 Å². The highest BCUT2D eigenvalue weighted by Crippen LogP contribution is 2.21. The monoisotopic (exact) mass is 234 g/mol. The standard InChI is InChI=1S/C13H18N2O2/c1-10-3-5-11(6-4-10)17-9-13(12(14)16)7-2-8-15-13/h3-6,15H,2,7-9H2,1H3,(H2,14,16). The zero-order chi connectivity index (χ0) is 12.3. The normalized spacial score (nSPS) is 23.6. The number of rotatable bonds is 4. The van der Waals surface area contributed by atoms with E-state index < -0.39 is 5.54 Å². The number of benzene rings is 1. The fourth-order valence-electron chi connectivity index (χ4n) is 2.05. The van der Waals surface area contributed by atoms with Crippen LogP contribution in [0.25, 0.3) is 0 Å². The second-order valence-corrected chi connectivity index (χ2v) is 4.58. The van der Waals surface area contributed by atoms with Gasteiger partial charge in [-0.3, -0.25) is 4.79 Å². The molecule has 4 nitrogen and oxygen atoms in total. The van der Waals surface area contributed by atoms with E-state index >= 15 is 0 Å². The van der Waals surface area contributed by atoms with Gasteiger partial charge >= 0.3 is 0 Å². The SMILES string of the molecule is Cc1ccc(OCC2(C(N)=O)CCCN2)cc1. The van der Waals surface area contributed by atoms with Gasteiger partial charge in [0.15, 0.2) is 0 Å². The lowest BCUT2D eigenvalue weighted by molar-refractivity contribution is -0.125. The molecule has 0 saturated carbocycles. The van der Waals surface area contributed by atoms with E-state index in [9.17, 15) is 4.79 Å². The number of hydrogen-bond acceptors (Lipinski definition) is 3. The van der Waals surface area contributed by atoms with Gasteiger partial charge in [0.05, 0.1) is 0 Å². The third-order valence-electron chi connectivity index (χ3n) is 3.22. The lowest BCUT2D eigenvalue weighted by atomic mass is 9.98. The van der Waals surface area contributed by atoms with Crippen molar-refractivity contribution in [3.05, 3.63) is 29.8 Å². The predicted octanol–water partition coefficient (Wildman–Crippen LogP) is 0.981. The van der Waals surface area contributed by atoms with Gasteiger partial charge in [0.25, 0.3) is 0 Å². The molecule has 1 fully saturated rings. The molecule has 1 unspecified atom stereocenters. The maximum absolute atomic E-state index is 11.5. The molecule has 1 saturated heterocycles. The summed E-state index contributed by atoms with van der Waals surface area (Å²) in [6.07, 6.45) is 1.70. The van der Waals surface area contributed by atoms with Crippen LogP contribution in [-0.4, -0.2) is 24.6 Å². The Morgan fingerprint density at radius 1 is 1.47 bits per heavy atom. The highest BCUT2D eigenvalue weighted by molar-refractivity contribution is 5.85. The van der Waals surface area contributed by atoms with Gasteiger partial charge in [-0.05, 0) is 38.4 Å². The Morgan fingerprint density at radius 3 is 2.71 bits per heavy atom. The van der Waals surface area contributed by atoms with Crippen LogP contribution in [0.5, 0.6) is 5.75 Å². The smallest absolute Gasteiger partial charge is 0.241 e. The molecule has 1 amide bonds. The highest BCUT2D eigenvalue weighted by Gasteiger charge is 2.40. The molecule has 2 rings (SSSR count). The van der Waals surface area contributed by atoms with Crippen LogP contribution in [0.4, 0.5) is 0 Å². The number of primary amides is 1. The first-order valence-corrected chi connectivity index (χ1v) is 5.87. The molecule has 0 spiro atoms. The number of aryl methyl sites for hydroxylation is 1. The topological polar surface area (TPSA) is 64.3 Å². The van der Waals surface area contributed by atoms with Gasteiger partial charge in [-0.2, -0.15) is 0 Å². The fraction of sp³-hybridized carbons (Fsp3) is 0.462. The summed E-state index contributed by atoms with van der Waals surface area (Å²) >= 11 is 0. The number of carbonyl (C=O) groups is 1. The summed E-state index contributed by atoms with van der Waals surface area (Å²) in [6.45, 7) is 3.14. The number of hydrogen-bond donors (Lipinski definition) is 2. The van der Waals surface area contributed by atoms with Crippen LogP contribution in [0.1, 0.15) is 18.4 Å². The summed E-state index contributed by atoms with van der Waals surface area (Å²) in [6, 6.07) is 7.76. The van der Waals surface area contributed by atoms with Crippen molar-refractivity contribution >= 4 is 5.91 Å². The predicted molar refractivity (Wildman–Crippen MR) is 65.8 cm³/mol. The van der Waals surface area contributed by atoms with Crippen molar-refractivity contribution in [2.24, 2.45) is 5.73 Å². The van der Waals surface area contributed by atoms with E-state index in [0.29, 0.717) is 6.61 Å². The van der Waals surface area contributed by atoms with E-state index in [1.54, 1.807) is 0 Å². The van der Waals surface area contributed by atoms with Crippen molar-refractivity contribution in [1.29, 1.82) is 0 Å². The molecule has 1 atom stereocenters. The van der Waals surface area contributed by atoms with Crippen LogP contribution < -0.4 is 15.8 Å². The first-order chi connectivity index (χ1) is 8.12. The third kappa shape index (κ3) is 2.58. The summed E-state index contributed by atoms with van der Waals surface area (Å²) in [7, 11) is 0. The summed E-state index contributed by atoms with van der Waals surface area (Å²) in [5.74, 6) is 0.437. The van der Waals surface area contributed by atoms with E-state index in [2.05, 4.69) is 5.32 Å². The Bertz CT molecular complexity index is 394. The minimum atomic E-state index is -0.690. The summed E-state index contributed by atoms with van der Waals surface area (Å²) in [5.41, 5.74) is 5.93.